The lowest BCUT2D eigenvalue weighted by Gasteiger charge is -2.19. The molecule has 0 aliphatic rings. The van der Waals surface area contributed by atoms with Gasteiger partial charge in [0.15, 0.2) is 0 Å². The van der Waals surface area contributed by atoms with Crippen molar-refractivity contribution in [1.29, 1.82) is 0 Å². The van der Waals surface area contributed by atoms with Gasteiger partial charge in [-0.2, -0.15) is 8.78 Å². The van der Waals surface area contributed by atoms with Crippen LogP contribution < -0.4 is 5.73 Å². The highest BCUT2D eigenvalue weighted by atomic mass is 32.2. The molecule has 0 amide bonds. The summed E-state index contributed by atoms with van der Waals surface area (Å²) >= 11 is -3.26. The molecule has 0 bridgehead atoms. The number of nitrogens with two attached hydrogens (primary N) is 1. The Kier molecular flexibility index (Phi) is 3.30. The van der Waals surface area contributed by atoms with Crippen LogP contribution in [0.1, 0.15) is 11.6 Å². The maximum absolute atomic E-state index is 13.0. The van der Waals surface area contributed by atoms with Gasteiger partial charge in [0.25, 0.3) is 0 Å². The lowest BCUT2D eigenvalue weighted by Crippen LogP contribution is -2.36. The normalized spacial score (nSPS) is 16.3. The van der Waals surface area contributed by atoms with E-state index in [1.54, 1.807) is 6.07 Å². The Hall–Kier alpha value is -0.850. The van der Waals surface area contributed by atoms with Crippen molar-refractivity contribution < 1.29 is 17.5 Å². The molecule has 0 saturated carbocycles. The average Bonchev–Trinajstić information content (AvgIpc) is 2.17. The Morgan fingerprint density at radius 1 is 1.36 bits per heavy atom. The molecule has 0 radical (unpaired) electrons. The van der Waals surface area contributed by atoms with Gasteiger partial charge in [-0.1, -0.05) is 30.3 Å². The molecule has 1 rings (SSSR count). The molecule has 2 atom stereocenters. The third-order valence-electron chi connectivity index (χ3n) is 1.75. The second-order valence-corrected chi connectivity index (χ2v) is 3.74. The smallest absolute Gasteiger partial charge is 0.318 e. The summed E-state index contributed by atoms with van der Waals surface area (Å²) in [6.07, 6.45) is 0. The first-order chi connectivity index (χ1) is 6.46. The molecule has 0 aliphatic heterocycles. The van der Waals surface area contributed by atoms with Gasteiger partial charge in [0.2, 0.25) is 11.1 Å². The first kappa shape index (κ1) is 11.2. The summed E-state index contributed by atoms with van der Waals surface area (Å²) in [6.45, 7) is 0. The van der Waals surface area contributed by atoms with E-state index in [1.807, 2.05) is 0 Å². The van der Waals surface area contributed by atoms with Crippen molar-refractivity contribution in [3.8, 4) is 0 Å². The van der Waals surface area contributed by atoms with Crippen molar-refractivity contribution in [2.75, 3.05) is 0 Å². The summed E-state index contributed by atoms with van der Waals surface area (Å²) in [5.74, 6) is 0. The van der Waals surface area contributed by atoms with E-state index in [4.69, 9.17) is 10.3 Å². The lowest BCUT2D eigenvalue weighted by atomic mass is 10.1. The van der Waals surface area contributed by atoms with Crippen LogP contribution in [0.15, 0.2) is 30.3 Å². The maximum Gasteiger partial charge on any atom is 0.363 e. The lowest BCUT2D eigenvalue weighted by molar-refractivity contribution is 0.0604. The van der Waals surface area contributed by atoms with Crippen LogP contribution in [-0.4, -0.2) is 14.0 Å². The summed E-state index contributed by atoms with van der Waals surface area (Å²) in [4.78, 5) is 0. The van der Waals surface area contributed by atoms with Crippen molar-refractivity contribution in [3.63, 3.8) is 0 Å². The number of rotatable bonds is 3. The molecule has 3 nitrogen and oxygen atoms in total. The Bertz CT molecular complexity index is 331. The van der Waals surface area contributed by atoms with E-state index in [0.717, 1.165) is 0 Å². The Morgan fingerprint density at radius 2 is 1.86 bits per heavy atom. The minimum atomic E-state index is -3.83. The van der Waals surface area contributed by atoms with E-state index in [-0.39, 0.29) is 5.56 Å². The fraction of sp³-hybridized carbons (Fsp3) is 0.250. The van der Waals surface area contributed by atoms with Gasteiger partial charge < -0.3 is 10.3 Å². The fourth-order valence-electron chi connectivity index (χ4n) is 0.963. The van der Waals surface area contributed by atoms with Gasteiger partial charge in [0.1, 0.15) is 6.04 Å². The zero-order valence-corrected chi connectivity index (χ0v) is 7.88. The minimum absolute atomic E-state index is 0.125. The molecule has 0 aromatic heterocycles. The number of halogens is 2. The standard InChI is InChI=1S/C8H9F2NO2S/c9-8(10,14(12)13)7(11)6-4-2-1-3-5-6/h1-5,7H,11H2,(H,12,13)/t7-/m0/s1. The molecule has 0 spiro atoms. The molecule has 1 unspecified atom stereocenters. The van der Waals surface area contributed by atoms with Gasteiger partial charge in [-0.25, -0.2) is 4.21 Å². The van der Waals surface area contributed by atoms with Crippen molar-refractivity contribution in [2.45, 2.75) is 11.3 Å². The number of benzene rings is 1. The molecule has 78 valence electrons. The van der Waals surface area contributed by atoms with Crippen LogP contribution in [0.3, 0.4) is 0 Å². The summed E-state index contributed by atoms with van der Waals surface area (Å²) in [7, 11) is 0. The molecule has 1 aromatic rings. The third-order valence-corrected chi connectivity index (χ3v) is 2.47. The van der Waals surface area contributed by atoms with Crippen molar-refractivity contribution in [3.05, 3.63) is 35.9 Å². The SMILES string of the molecule is N[C@@H](c1ccccc1)C(F)(F)S(=O)O. The highest BCUT2D eigenvalue weighted by Crippen LogP contribution is 2.31. The number of alkyl halides is 2. The van der Waals surface area contributed by atoms with Crippen LogP contribution >= 0.6 is 0 Å². The van der Waals surface area contributed by atoms with E-state index in [2.05, 4.69) is 0 Å². The molecular weight excluding hydrogens is 212 g/mol. The van der Waals surface area contributed by atoms with Gasteiger partial charge in [0.05, 0.1) is 0 Å². The van der Waals surface area contributed by atoms with Gasteiger partial charge >= 0.3 is 5.25 Å². The van der Waals surface area contributed by atoms with Gasteiger partial charge in [-0.05, 0) is 5.56 Å². The molecule has 0 aliphatic carbocycles. The van der Waals surface area contributed by atoms with Crippen LogP contribution in [0.25, 0.3) is 0 Å². The van der Waals surface area contributed by atoms with E-state index in [1.165, 1.54) is 24.3 Å². The fourth-order valence-corrected chi connectivity index (χ4v) is 1.32. The van der Waals surface area contributed by atoms with Crippen molar-refractivity contribution >= 4 is 11.1 Å². The zero-order valence-electron chi connectivity index (χ0n) is 7.06. The van der Waals surface area contributed by atoms with E-state index in [9.17, 15) is 13.0 Å². The van der Waals surface area contributed by atoms with Gasteiger partial charge in [-0.3, -0.25) is 0 Å². The summed E-state index contributed by atoms with van der Waals surface area (Å²) in [6, 6.07) is 5.70. The number of hydrogen-bond donors (Lipinski definition) is 2. The first-order valence-electron chi connectivity index (χ1n) is 3.75. The van der Waals surface area contributed by atoms with Crippen LogP contribution in [0.5, 0.6) is 0 Å². The third kappa shape index (κ3) is 2.14. The van der Waals surface area contributed by atoms with Crippen LogP contribution in [0.2, 0.25) is 0 Å². The van der Waals surface area contributed by atoms with Gasteiger partial charge in [-0.15, -0.1) is 0 Å². The maximum atomic E-state index is 13.0. The molecule has 3 N–H and O–H groups in total. The Labute approximate surface area is 82.2 Å². The van der Waals surface area contributed by atoms with Crippen LogP contribution in [0.4, 0.5) is 8.78 Å². The molecule has 0 heterocycles. The van der Waals surface area contributed by atoms with Crippen LogP contribution in [-0.2, 0) is 11.1 Å². The average molecular weight is 221 g/mol. The highest BCUT2D eigenvalue weighted by molar-refractivity contribution is 7.80. The molecule has 6 heteroatoms. The predicted octanol–water partition coefficient (Wildman–Crippen LogP) is 1.50. The summed E-state index contributed by atoms with van der Waals surface area (Å²) in [5, 5.41) is -3.83. The molecular formula is C8H9F2NO2S. The van der Waals surface area contributed by atoms with Crippen molar-refractivity contribution in [2.24, 2.45) is 5.73 Å². The number of hydrogen-bond acceptors (Lipinski definition) is 2. The summed E-state index contributed by atoms with van der Waals surface area (Å²) < 4.78 is 44.6. The largest absolute Gasteiger partial charge is 0.363 e. The Morgan fingerprint density at radius 3 is 2.29 bits per heavy atom. The monoisotopic (exact) mass is 221 g/mol. The second-order valence-electron chi connectivity index (χ2n) is 2.70. The zero-order chi connectivity index (χ0) is 10.8. The summed E-state index contributed by atoms with van der Waals surface area (Å²) in [5.41, 5.74) is 5.30. The predicted molar refractivity (Wildman–Crippen MR) is 49.1 cm³/mol. The van der Waals surface area contributed by atoms with Crippen LogP contribution in [0, 0.1) is 0 Å². The molecule has 1 aromatic carbocycles. The molecule has 0 fully saturated rings. The van der Waals surface area contributed by atoms with E-state index >= 15 is 0 Å². The quantitative estimate of drug-likeness (QED) is 0.760. The van der Waals surface area contributed by atoms with Crippen molar-refractivity contribution in [1.82, 2.24) is 0 Å². The minimum Gasteiger partial charge on any atom is -0.318 e. The second kappa shape index (κ2) is 4.12. The molecule has 14 heavy (non-hydrogen) atoms. The highest BCUT2D eigenvalue weighted by Gasteiger charge is 2.44. The first-order valence-corrected chi connectivity index (χ1v) is 4.86. The van der Waals surface area contributed by atoms with E-state index < -0.39 is 22.4 Å². The van der Waals surface area contributed by atoms with E-state index in [0.29, 0.717) is 0 Å². The van der Waals surface area contributed by atoms with Gasteiger partial charge in [0, 0.05) is 0 Å². The Balaban J connectivity index is 2.96. The molecule has 0 saturated heterocycles. The topological polar surface area (TPSA) is 63.3 Å².